The molecule has 0 amide bonds. The minimum absolute atomic E-state index is 0.171. The van der Waals surface area contributed by atoms with Gasteiger partial charge >= 0.3 is 19.8 Å². The quantitative estimate of drug-likeness (QED) is 0.0237. The first-order valence-electron chi connectivity index (χ1n) is 21.4. The molecule has 0 saturated carbocycles. The average molecular weight is 787 g/mol. The number of ether oxygens (including phenoxy) is 2. The predicted octanol–water partition coefficient (Wildman–Crippen LogP) is 11.2. The van der Waals surface area contributed by atoms with Crippen LogP contribution in [-0.4, -0.2) is 65.7 Å². The molecule has 0 fully saturated rings. The maximum Gasteiger partial charge on any atom is 0.472 e. The van der Waals surface area contributed by atoms with Crippen LogP contribution in [0.4, 0.5) is 0 Å². The number of unbranched alkanes of at least 4 members (excludes halogenated alkanes) is 20. The number of carbonyl (C=O) groups is 2. The zero-order valence-electron chi connectivity index (χ0n) is 34.2. The number of phosphoric ester groups is 1. The lowest BCUT2D eigenvalue weighted by atomic mass is 10.1. The molecular weight excluding hydrogens is 707 g/mol. The summed E-state index contributed by atoms with van der Waals surface area (Å²) >= 11 is 0. The molecule has 0 aromatic carbocycles. The number of carbonyl (C=O) groups excluding carboxylic acids is 2. The summed E-state index contributed by atoms with van der Waals surface area (Å²) in [6.07, 6.45) is 39.6. The van der Waals surface area contributed by atoms with Crippen LogP contribution in [-0.2, 0) is 32.7 Å². The molecule has 0 saturated heterocycles. The highest BCUT2D eigenvalue weighted by Gasteiger charge is 2.27. The number of aliphatic hydroxyl groups is 2. The van der Waals surface area contributed by atoms with Crippen molar-refractivity contribution >= 4 is 19.8 Å². The topological polar surface area (TPSA) is 149 Å². The van der Waals surface area contributed by atoms with Crippen LogP contribution >= 0.6 is 7.82 Å². The average Bonchev–Trinajstić information content (AvgIpc) is 3.16. The maximum atomic E-state index is 12.6. The largest absolute Gasteiger partial charge is 0.472 e. The Labute approximate surface area is 329 Å². The zero-order valence-corrected chi connectivity index (χ0v) is 35.1. The number of hydrogen-bond acceptors (Lipinski definition) is 9. The second kappa shape index (κ2) is 39.4. The summed E-state index contributed by atoms with van der Waals surface area (Å²) in [4.78, 5) is 34.9. The Hall–Kier alpha value is -1.81. The van der Waals surface area contributed by atoms with Crippen molar-refractivity contribution in [2.75, 3.05) is 26.4 Å². The van der Waals surface area contributed by atoms with Crippen LogP contribution in [0.15, 0.2) is 36.5 Å². The first-order valence-corrected chi connectivity index (χ1v) is 22.9. The van der Waals surface area contributed by atoms with Gasteiger partial charge in [-0.05, 0) is 70.6 Å². The van der Waals surface area contributed by atoms with Crippen molar-refractivity contribution in [1.29, 1.82) is 0 Å². The van der Waals surface area contributed by atoms with Crippen LogP contribution in [0, 0.1) is 0 Å². The van der Waals surface area contributed by atoms with Gasteiger partial charge in [-0.25, -0.2) is 4.57 Å². The highest BCUT2D eigenvalue weighted by Crippen LogP contribution is 2.43. The Morgan fingerprint density at radius 2 is 0.963 bits per heavy atom. The highest BCUT2D eigenvalue weighted by molar-refractivity contribution is 7.47. The number of hydrogen-bond donors (Lipinski definition) is 3. The molecule has 0 aliphatic rings. The molecule has 10 nitrogen and oxygen atoms in total. The first kappa shape index (κ1) is 52.2. The number of aliphatic hydroxyl groups excluding tert-OH is 2. The summed E-state index contributed by atoms with van der Waals surface area (Å²) in [5.41, 5.74) is 0. The maximum absolute atomic E-state index is 12.6. The van der Waals surface area contributed by atoms with Crippen LogP contribution in [0.25, 0.3) is 0 Å². The van der Waals surface area contributed by atoms with E-state index in [0.29, 0.717) is 12.8 Å². The van der Waals surface area contributed by atoms with Crippen molar-refractivity contribution in [2.45, 2.75) is 199 Å². The van der Waals surface area contributed by atoms with Crippen molar-refractivity contribution in [3.63, 3.8) is 0 Å². The molecular formula is C43H79O10P. The summed E-state index contributed by atoms with van der Waals surface area (Å²) in [5.74, 6) is -0.949. The summed E-state index contributed by atoms with van der Waals surface area (Å²) in [6.45, 7) is 2.33. The fourth-order valence-corrected chi connectivity index (χ4v) is 6.45. The molecule has 3 N–H and O–H groups in total. The van der Waals surface area contributed by atoms with E-state index in [1.54, 1.807) is 0 Å². The summed E-state index contributed by atoms with van der Waals surface area (Å²) in [7, 11) is -4.62. The minimum atomic E-state index is -4.62. The van der Waals surface area contributed by atoms with Crippen molar-refractivity contribution in [3.05, 3.63) is 36.5 Å². The van der Waals surface area contributed by atoms with Crippen molar-refractivity contribution in [3.8, 4) is 0 Å². The molecule has 1 unspecified atom stereocenters. The van der Waals surface area contributed by atoms with Gasteiger partial charge < -0.3 is 24.6 Å². The third kappa shape index (κ3) is 38.5. The SMILES string of the molecule is CCCCC/C=C\C/C=C\CCCCCCCC(=O)OC[C@H](COP(=O)(O)OC[C@@H](O)CO)OC(=O)CCCCCCC/C=C\CCCCCCCCC. The lowest BCUT2D eigenvalue weighted by molar-refractivity contribution is -0.161. The van der Waals surface area contributed by atoms with E-state index < -0.39 is 51.8 Å². The van der Waals surface area contributed by atoms with Crippen LogP contribution in [0.5, 0.6) is 0 Å². The molecule has 0 aliphatic carbocycles. The van der Waals surface area contributed by atoms with Gasteiger partial charge in [0.05, 0.1) is 19.8 Å². The Balaban J connectivity index is 4.34. The zero-order chi connectivity index (χ0) is 39.8. The van der Waals surface area contributed by atoms with Gasteiger partial charge in [-0.2, -0.15) is 0 Å². The minimum Gasteiger partial charge on any atom is -0.462 e. The molecule has 0 spiro atoms. The van der Waals surface area contributed by atoms with Crippen molar-refractivity contribution < 1.29 is 47.8 Å². The molecule has 0 heterocycles. The highest BCUT2D eigenvalue weighted by atomic mass is 31.2. The summed E-state index contributed by atoms with van der Waals surface area (Å²) in [6, 6.07) is 0. The summed E-state index contributed by atoms with van der Waals surface area (Å²) < 4.78 is 32.7. The second-order valence-corrected chi connectivity index (χ2v) is 15.8. The molecule has 0 aromatic heterocycles. The molecule has 0 rings (SSSR count). The van der Waals surface area contributed by atoms with E-state index in [9.17, 15) is 24.2 Å². The van der Waals surface area contributed by atoms with E-state index in [1.807, 2.05) is 0 Å². The van der Waals surface area contributed by atoms with Gasteiger partial charge in [-0.3, -0.25) is 18.6 Å². The van der Waals surface area contributed by atoms with Crippen LogP contribution in [0.3, 0.4) is 0 Å². The molecule has 0 aromatic rings. The van der Waals surface area contributed by atoms with Gasteiger partial charge in [-0.15, -0.1) is 0 Å². The van der Waals surface area contributed by atoms with Crippen LogP contribution < -0.4 is 0 Å². The molecule has 54 heavy (non-hydrogen) atoms. The Morgan fingerprint density at radius 1 is 0.556 bits per heavy atom. The van der Waals surface area contributed by atoms with Gasteiger partial charge in [0.15, 0.2) is 6.10 Å². The third-order valence-electron chi connectivity index (χ3n) is 9.02. The summed E-state index contributed by atoms with van der Waals surface area (Å²) in [5, 5.41) is 18.3. The number of rotatable bonds is 40. The Bertz CT molecular complexity index is 999. The van der Waals surface area contributed by atoms with Gasteiger partial charge in [0.2, 0.25) is 0 Å². The van der Waals surface area contributed by atoms with Crippen LogP contribution in [0.2, 0.25) is 0 Å². The number of phosphoric acid groups is 1. The van der Waals surface area contributed by atoms with E-state index in [-0.39, 0.29) is 19.4 Å². The van der Waals surface area contributed by atoms with Gasteiger partial charge in [0.1, 0.15) is 12.7 Å². The molecule has 0 aliphatic heterocycles. The molecule has 3 atom stereocenters. The molecule has 316 valence electrons. The van der Waals surface area contributed by atoms with E-state index >= 15 is 0 Å². The van der Waals surface area contributed by atoms with Gasteiger partial charge in [0, 0.05) is 12.8 Å². The fraction of sp³-hybridized carbons (Fsp3) is 0.814. The van der Waals surface area contributed by atoms with E-state index in [4.69, 9.17) is 19.1 Å². The predicted molar refractivity (Wildman–Crippen MR) is 219 cm³/mol. The monoisotopic (exact) mass is 787 g/mol. The number of allylic oxidation sites excluding steroid dienone is 6. The van der Waals surface area contributed by atoms with E-state index in [0.717, 1.165) is 83.5 Å². The first-order chi connectivity index (χ1) is 26.2. The second-order valence-electron chi connectivity index (χ2n) is 14.4. The Kier molecular flexibility index (Phi) is 38.1. The molecule has 0 bridgehead atoms. The van der Waals surface area contributed by atoms with Crippen LogP contribution in [0.1, 0.15) is 187 Å². The normalized spacial score (nSPS) is 14.2. The van der Waals surface area contributed by atoms with E-state index in [1.165, 1.54) is 64.2 Å². The van der Waals surface area contributed by atoms with E-state index in [2.05, 4.69) is 54.8 Å². The van der Waals surface area contributed by atoms with Gasteiger partial charge in [0.25, 0.3) is 0 Å². The number of esters is 2. The standard InChI is InChI=1S/C43H79O10P/c1-3-5-7-9-11-13-15-17-19-21-23-25-27-29-31-33-35-43(47)53-41(39-52-54(48,49)51-37-40(45)36-44)38-50-42(46)34-32-30-28-26-24-22-20-18-16-14-12-10-8-6-4-2/h12,14,18-21,40-41,44-45H,3-11,13,15-17,22-39H2,1-2H3,(H,48,49)/b14-12-,20-18-,21-19-/t40-,41+/m0/s1. The molecule has 11 heteroatoms. The Morgan fingerprint density at radius 3 is 1.48 bits per heavy atom. The van der Waals surface area contributed by atoms with Gasteiger partial charge in [-0.1, -0.05) is 140 Å². The lowest BCUT2D eigenvalue weighted by Crippen LogP contribution is -2.29. The fourth-order valence-electron chi connectivity index (χ4n) is 5.66. The smallest absolute Gasteiger partial charge is 0.462 e. The third-order valence-corrected chi connectivity index (χ3v) is 9.97. The van der Waals surface area contributed by atoms with Crippen molar-refractivity contribution in [2.24, 2.45) is 0 Å². The van der Waals surface area contributed by atoms with Crippen molar-refractivity contribution in [1.82, 2.24) is 0 Å². The molecule has 0 radical (unpaired) electrons. The lowest BCUT2D eigenvalue weighted by Gasteiger charge is -2.20.